The molecule has 1 unspecified atom stereocenters. The van der Waals surface area contributed by atoms with Crippen molar-refractivity contribution in [3.63, 3.8) is 0 Å². The van der Waals surface area contributed by atoms with Crippen molar-refractivity contribution in [1.82, 2.24) is 0 Å². The molecule has 8 atom stereocenters. The molecule has 2 heteroatoms. The Balaban J connectivity index is 1.53. The van der Waals surface area contributed by atoms with E-state index in [-0.39, 0.29) is 5.41 Å². The SMILES string of the molecule is CC(C)CCC[C@@](C)(O)[C@H]1CC[C@H]2[C@@H]3CCC4CC(=O)C=C[C@]4(C)[C@H]3CC[C@@]21C. The number of fused-ring (bicyclic) bond motifs is 5. The highest BCUT2D eigenvalue weighted by molar-refractivity contribution is 5.91. The third-order valence-electron chi connectivity index (χ3n) is 10.3. The van der Waals surface area contributed by atoms with Crippen LogP contribution in [0.2, 0.25) is 0 Å². The number of aliphatic hydroxyl groups is 1. The smallest absolute Gasteiger partial charge is 0.155 e. The third-order valence-corrected chi connectivity index (χ3v) is 10.3. The van der Waals surface area contributed by atoms with Crippen LogP contribution >= 0.6 is 0 Å². The average molecular weight is 401 g/mol. The largest absolute Gasteiger partial charge is 0.390 e. The second-order valence-electron chi connectivity index (χ2n) is 12.3. The van der Waals surface area contributed by atoms with Crippen LogP contribution in [0.4, 0.5) is 0 Å². The summed E-state index contributed by atoms with van der Waals surface area (Å²) < 4.78 is 0. The van der Waals surface area contributed by atoms with Crippen molar-refractivity contribution < 1.29 is 9.90 Å². The standard InChI is InChI=1S/C27H44O2/c1-18(2)7-6-14-27(5,29)24-11-10-22-21-9-8-19-17-20(28)12-15-25(19,3)23(21)13-16-26(22,24)4/h12,15,18-19,21-24,29H,6-11,13-14,16-17H2,1-5H3/t19?,21-,22-,23-,24-,25-,26-,27+/m0/s1. The molecule has 29 heavy (non-hydrogen) atoms. The van der Waals surface area contributed by atoms with Crippen molar-refractivity contribution in [2.75, 3.05) is 0 Å². The van der Waals surface area contributed by atoms with Gasteiger partial charge in [0.2, 0.25) is 0 Å². The molecule has 4 aliphatic rings. The Bertz CT molecular complexity index is 661. The van der Waals surface area contributed by atoms with Gasteiger partial charge in [-0.1, -0.05) is 46.6 Å². The van der Waals surface area contributed by atoms with Crippen molar-refractivity contribution in [3.8, 4) is 0 Å². The predicted octanol–water partition coefficient (Wildman–Crippen LogP) is 6.57. The summed E-state index contributed by atoms with van der Waals surface area (Å²) in [5.41, 5.74) is -0.0145. The average Bonchev–Trinajstić information content (AvgIpc) is 3.00. The highest BCUT2D eigenvalue weighted by Crippen LogP contribution is 2.68. The lowest BCUT2D eigenvalue weighted by Gasteiger charge is -2.59. The van der Waals surface area contributed by atoms with Crippen LogP contribution in [0, 0.1) is 46.3 Å². The van der Waals surface area contributed by atoms with E-state index < -0.39 is 5.60 Å². The second kappa shape index (κ2) is 7.50. The van der Waals surface area contributed by atoms with Gasteiger partial charge in [-0.05, 0) is 104 Å². The van der Waals surface area contributed by atoms with E-state index in [0.717, 1.165) is 42.9 Å². The van der Waals surface area contributed by atoms with Crippen LogP contribution < -0.4 is 0 Å². The Morgan fingerprint density at radius 3 is 2.62 bits per heavy atom. The number of carbonyl (C=O) groups excluding carboxylic acids is 1. The van der Waals surface area contributed by atoms with E-state index in [2.05, 4.69) is 40.7 Å². The van der Waals surface area contributed by atoms with Gasteiger partial charge in [0, 0.05) is 6.42 Å². The number of ketones is 1. The van der Waals surface area contributed by atoms with Gasteiger partial charge in [-0.15, -0.1) is 0 Å². The molecule has 0 aliphatic heterocycles. The lowest BCUT2D eigenvalue weighted by Crippen LogP contribution is -2.54. The minimum Gasteiger partial charge on any atom is -0.390 e. The fraction of sp³-hybridized carbons (Fsp3) is 0.889. The molecule has 3 saturated carbocycles. The zero-order chi connectivity index (χ0) is 21.0. The molecule has 0 heterocycles. The molecule has 0 aromatic rings. The van der Waals surface area contributed by atoms with Crippen LogP contribution in [0.5, 0.6) is 0 Å². The maximum Gasteiger partial charge on any atom is 0.155 e. The molecular weight excluding hydrogens is 356 g/mol. The molecule has 3 fully saturated rings. The van der Waals surface area contributed by atoms with Gasteiger partial charge in [-0.2, -0.15) is 0 Å². The Hall–Kier alpha value is -0.630. The first-order valence-corrected chi connectivity index (χ1v) is 12.5. The molecule has 2 nitrogen and oxygen atoms in total. The van der Waals surface area contributed by atoms with E-state index in [1.165, 1.54) is 44.9 Å². The molecule has 0 spiro atoms. The minimum atomic E-state index is -0.524. The summed E-state index contributed by atoms with van der Waals surface area (Å²) >= 11 is 0. The fourth-order valence-electron chi connectivity index (χ4n) is 8.70. The number of hydrogen-bond donors (Lipinski definition) is 1. The molecule has 0 amide bonds. The summed E-state index contributed by atoms with van der Waals surface area (Å²) in [4.78, 5) is 12.0. The van der Waals surface area contributed by atoms with Crippen LogP contribution in [0.15, 0.2) is 12.2 Å². The van der Waals surface area contributed by atoms with E-state index in [4.69, 9.17) is 0 Å². The zero-order valence-corrected chi connectivity index (χ0v) is 19.5. The second-order valence-corrected chi connectivity index (χ2v) is 12.3. The molecule has 4 aliphatic carbocycles. The Morgan fingerprint density at radius 2 is 1.90 bits per heavy atom. The summed E-state index contributed by atoms with van der Waals surface area (Å²) in [7, 11) is 0. The minimum absolute atomic E-state index is 0.218. The molecule has 0 aromatic carbocycles. The lowest BCUT2D eigenvalue weighted by atomic mass is 9.45. The number of rotatable bonds is 5. The van der Waals surface area contributed by atoms with Crippen LogP contribution in [0.1, 0.15) is 98.8 Å². The van der Waals surface area contributed by atoms with E-state index in [9.17, 15) is 9.90 Å². The van der Waals surface area contributed by atoms with E-state index in [1.807, 2.05) is 6.08 Å². The van der Waals surface area contributed by atoms with Gasteiger partial charge in [0.15, 0.2) is 5.78 Å². The lowest BCUT2D eigenvalue weighted by molar-refractivity contribution is -0.129. The molecular formula is C27H44O2. The normalized spacial score (nSPS) is 46.2. The van der Waals surface area contributed by atoms with Gasteiger partial charge < -0.3 is 5.11 Å². The van der Waals surface area contributed by atoms with Crippen molar-refractivity contribution in [2.24, 2.45) is 46.3 Å². The molecule has 0 radical (unpaired) electrons. The molecule has 1 N–H and O–H groups in total. The maximum atomic E-state index is 12.0. The monoisotopic (exact) mass is 400 g/mol. The number of allylic oxidation sites excluding steroid dienone is 2. The molecule has 164 valence electrons. The van der Waals surface area contributed by atoms with Crippen molar-refractivity contribution in [1.29, 1.82) is 0 Å². The first-order valence-electron chi connectivity index (χ1n) is 12.5. The summed E-state index contributed by atoms with van der Waals surface area (Å²) in [6.45, 7) is 11.7. The topological polar surface area (TPSA) is 37.3 Å². The highest BCUT2D eigenvalue weighted by Gasteiger charge is 2.61. The molecule has 0 bridgehead atoms. The van der Waals surface area contributed by atoms with Gasteiger partial charge in [-0.25, -0.2) is 0 Å². The first-order chi connectivity index (χ1) is 13.6. The van der Waals surface area contributed by atoms with Gasteiger partial charge in [0.05, 0.1) is 5.60 Å². The molecule has 0 aromatic heterocycles. The highest BCUT2D eigenvalue weighted by atomic mass is 16.3. The third kappa shape index (κ3) is 3.56. The molecule has 0 saturated heterocycles. The quantitative estimate of drug-likeness (QED) is 0.567. The van der Waals surface area contributed by atoms with Gasteiger partial charge in [0.25, 0.3) is 0 Å². The number of hydrogen-bond acceptors (Lipinski definition) is 2. The van der Waals surface area contributed by atoms with Crippen LogP contribution in [-0.2, 0) is 4.79 Å². The fourth-order valence-corrected chi connectivity index (χ4v) is 8.70. The van der Waals surface area contributed by atoms with Crippen LogP contribution in [0.3, 0.4) is 0 Å². The Kier molecular flexibility index (Phi) is 5.59. The van der Waals surface area contributed by atoms with Crippen molar-refractivity contribution in [2.45, 2.75) is 104 Å². The van der Waals surface area contributed by atoms with Gasteiger partial charge in [0.1, 0.15) is 0 Å². The first kappa shape index (κ1) is 21.6. The Morgan fingerprint density at radius 1 is 1.14 bits per heavy atom. The van der Waals surface area contributed by atoms with Gasteiger partial charge in [-0.3, -0.25) is 4.79 Å². The Labute approximate surface area is 178 Å². The zero-order valence-electron chi connectivity index (χ0n) is 19.5. The predicted molar refractivity (Wildman–Crippen MR) is 119 cm³/mol. The maximum absolute atomic E-state index is 12.0. The van der Waals surface area contributed by atoms with E-state index in [0.29, 0.717) is 23.0 Å². The van der Waals surface area contributed by atoms with Crippen molar-refractivity contribution >= 4 is 5.78 Å². The molecule has 4 rings (SSSR count). The summed E-state index contributed by atoms with van der Waals surface area (Å²) in [6, 6.07) is 0. The van der Waals surface area contributed by atoms with E-state index >= 15 is 0 Å². The van der Waals surface area contributed by atoms with Crippen molar-refractivity contribution in [3.05, 3.63) is 12.2 Å². The summed E-state index contributed by atoms with van der Waals surface area (Å²) in [6.07, 6.45) is 15.8. The number of carbonyl (C=O) groups is 1. The summed E-state index contributed by atoms with van der Waals surface area (Å²) in [5, 5.41) is 11.5. The van der Waals surface area contributed by atoms with Crippen LogP contribution in [-0.4, -0.2) is 16.5 Å². The van der Waals surface area contributed by atoms with E-state index in [1.54, 1.807) is 0 Å². The van der Waals surface area contributed by atoms with Gasteiger partial charge >= 0.3 is 0 Å². The summed E-state index contributed by atoms with van der Waals surface area (Å²) in [5.74, 6) is 4.33. The van der Waals surface area contributed by atoms with Crippen LogP contribution in [0.25, 0.3) is 0 Å².